The number of carboxylic acid groups (broad SMARTS) is 1. The maximum Gasteiger partial charge on any atom is 0.331 e. The Hall–Kier alpha value is -3.98. The Morgan fingerprint density at radius 1 is 1.12 bits per heavy atom. The molecule has 0 bridgehead atoms. The number of allylic oxidation sites excluding steroid dienone is 1. The van der Waals surface area contributed by atoms with E-state index in [1.807, 2.05) is 19.0 Å². The summed E-state index contributed by atoms with van der Waals surface area (Å²) >= 11 is 0. The van der Waals surface area contributed by atoms with Crippen LogP contribution in [0.2, 0.25) is 0 Å². The molecule has 0 saturated carbocycles. The first-order valence-electron chi connectivity index (χ1n) is 9.38. The predicted octanol–water partition coefficient (Wildman–Crippen LogP) is 3.28. The maximum absolute atomic E-state index is 14.0. The number of rotatable bonds is 10. The van der Waals surface area contributed by atoms with Gasteiger partial charge < -0.3 is 24.7 Å². The van der Waals surface area contributed by atoms with Gasteiger partial charge in [0.2, 0.25) is 0 Å². The van der Waals surface area contributed by atoms with Crippen LogP contribution in [-0.2, 0) is 19.2 Å². The number of phenols is 1. The molecule has 9 heteroatoms. The van der Waals surface area contributed by atoms with E-state index >= 15 is 0 Å². The number of ether oxygens (including phenoxy) is 1. The summed E-state index contributed by atoms with van der Waals surface area (Å²) in [5, 5.41) is 21.2. The minimum atomic E-state index is -1.15. The first kappa shape index (κ1) is 26.1. The predicted molar refractivity (Wildman–Crippen MR) is 119 cm³/mol. The lowest BCUT2D eigenvalue weighted by Gasteiger charge is -2.08. The highest BCUT2D eigenvalue weighted by molar-refractivity contribution is 6.10. The van der Waals surface area contributed by atoms with Gasteiger partial charge in [-0.2, -0.15) is 0 Å². The number of carbonyl (C=O) groups is 2. The number of nitrogens with zero attached hydrogens (tertiary/aromatic N) is 2. The molecule has 0 spiro atoms. The van der Waals surface area contributed by atoms with Crippen LogP contribution < -0.4 is 0 Å². The fourth-order valence-corrected chi connectivity index (χ4v) is 2.07. The molecule has 0 radical (unpaired) electrons. The number of likely N-dealkylation sites (N-methyl/N-ethyl adjacent to an activating group) is 1. The standard InChI is InChI=1S/C19H21FN2O2.C4H4O4/c1-22(2)13-14-24-21-19(17-5-3-4-6-18(17)20)12-9-15-7-10-16(23)11-8-15;5-3-8-2-1-4(6)7/h3-12,23H,13-14H2,1-2H3;1-3H,(H,6,7)/b12-9+,21-19?;2-1+. The van der Waals surface area contributed by atoms with E-state index in [-0.39, 0.29) is 18.0 Å². The number of aliphatic carboxylic acids is 1. The molecule has 0 heterocycles. The van der Waals surface area contributed by atoms with Crippen molar-refractivity contribution in [1.29, 1.82) is 0 Å². The van der Waals surface area contributed by atoms with Gasteiger partial charge in [-0.05, 0) is 50.0 Å². The second-order valence-electron chi connectivity index (χ2n) is 6.39. The summed E-state index contributed by atoms with van der Waals surface area (Å²) in [5.74, 6) is -1.31. The fourth-order valence-electron chi connectivity index (χ4n) is 2.07. The first-order chi connectivity index (χ1) is 15.3. The van der Waals surface area contributed by atoms with Gasteiger partial charge in [0.1, 0.15) is 30.1 Å². The molecule has 170 valence electrons. The third kappa shape index (κ3) is 11.3. The molecule has 0 aliphatic rings. The van der Waals surface area contributed by atoms with Crippen LogP contribution in [0.25, 0.3) is 6.08 Å². The summed E-state index contributed by atoms with van der Waals surface area (Å²) in [6.07, 6.45) is 4.99. The highest BCUT2D eigenvalue weighted by Gasteiger charge is 2.07. The highest BCUT2D eigenvalue weighted by Crippen LogP contribution is 2.13. The van der Waals surface area contributed by atoms with Gasteiger partial charge in [0.25, 0.3) is 6.47 Å². The van der Waals surface area contributed by atoms with Crippen LogP contribution in [0, 0.1) is 5.82 Å². The fraction of sp³-hybridized carbons (Fsp3) is 0.174. The normalized spacial score (nSPS) is 11.3. The lowest BCUT2D eigenvalue weighted by atomic mass is 10.1. The highest BCUT2D eigenvalue weighted by atomic mass is 19.1. The van der Waals surface area contributed by atoms with E-state index in [4.69, 9.17) is 9.94 Å². The molecule has 2 aromatic rings. The lowest BCUT2D eigenvalue weighted by Crippen LogP contribution is -2.17. The summed E-state index contributed by atoms with van der Waals surface area (Å²) < 4.78 is 17.9. The summed E-state index contributed by atoms with van der Waals surface area (Å²) in [5.41, 5.74) is 1.64. The molecule has 0 atom stereocenters. The summed E-state index contributed by atoms with van der Waals surface area (Å²) in [4.78, 5) is 26.2. The third-order valence-electron chi connectivity index (χ3n) is 3.61. The largest absolute Gasteiger partial charge is 0.508 e. The number of carboxylic acids is 1. The van der Waals surface area contributed by atoms with E-state index < -0.39 is 5.97 Å². The Balaban J connectivity index is 0.000000547. The summed E-state index contributed by atoms with van der Waals surface area (Å²) in [6.45, 7) is 1.27. The van der Waals surface area contributed by atoms with E-state index in [9.17, 15) is 19.1 Å². The number of oxime groups is 1. The summed E-state index contributed by atoms with van der Waals surface area (Å²) in [7, 11) is 3.88. The second kappa shape index (κ2) is 14.9. The van der Waals surface area contributed by atoms with Gasteiger partial charge in [0.15, 0.2) is 0 Å². The zero-order chi connectivity index (χ0) is 23.8. The molecular formula is C23H25FN2O6. The zero-order valence-corrected chi connectivity index (χ0v) is 17.7. The number of hydrogen-bond acceptors (Lipinski definition) is 7. The maximum atomic E-state index is 14.0. The van der Waals surface area contributed by atoms with Gasteiger partial charge in [0, 0.05) is 12.1 Å². The smallest absolute Gasteiger partial charge is 0.331 e. The van der Waals surface area contributed by atoms with Gasteiger partial charge in [-0.3, -0.25) is 4.79 Å². The van der Waals surface area contributed by atoms with E-state index in [0.717, 1.165) is 18.4 Å². The Bertz CT molecular complexity index is 940. The second-order valence-corrected chi connectivity index (χ2v) is 6.39. The molecule has 0 aliphatic heterocycles. The quantitative estimate of drug-likeness (QED) is 0.145. The van der Waals surface area contributed by atoms with Crippen molar-refractivity contribution in [3.63, 3.8) is 0 Å². The van der Waals surface area contributed by atoms with Gasteiger partial charge in [0.05, 0.1) is 6.08 Å². The topological polar surface area (TPSA) is 109 Å². The van der Waals surface area contributed by atoms with E-state index in [2.05, 4.69) is 9.89 Å². The molecule has 32 heavy (non-hydrogen) atoms. The molecule has 0 aromatic heterocycles. The van der Waals surface area contributed by atoms with Crippen molar-refractivity contribution in [2.45, 2.75) is 0 Å². The first-order valence-corrected chi connectivity index (χ1v) is 9.38. The van der Waals surface area contributed by atoms with Crippen molar-refractivity contribution in [2.75, 3.05) is 27.2 Å². The monoisotopic (exact) mass is 444 g/mol. The van der Waals surface area contributed by atoms with Crippen LogP contribution in [0.4, 0.5) is 4.39 Å². The van der Waals surface area contributed by atoms with Crippen molar-refractivity contribution in [2.24, 2.45) is 5.16 Å². The SMILES string of the molecule is CN(C)CCON=C(/C=C/c1ccc(O)cc1)c1ccccc1F.O=CO/C=C/C(=O)O. The van der Waals surface area contributed by atoms with Crippen LogP contribution in [0.1, 0.15) is 11.1 Å². The minimum Gasteiger partial charge on any atom is -0.508 e. The van der Waals surface area contributed by atoms with Gasteiger partial charge >= 0.3 is 5.97 Å². The van der Waals surface area contributed by atoms with Crippen molar-refractivity contribution < 1.29 is 33.8 Å². The van der Waals surface area contributed by atoms with Crippen molar-refractivity contribution in [3.05, 3.63) is 83.9 Å². The molecular weight excluding hydrogens is 419 g/mol. The van der Waals surface area contributed by atoms with Crippen LogP contribution >= 0.6 is 0 Å². The van der Waals surface area contributed by atoms with Gasteiger partial charge in [-0.15, -0.1) is 0 Å². The molecule has 2 N–H and O–H groups in total. The van der Waals surface area contributed by atoms with Crippen molar-refractivity contribution in [1.82, 2.24) is 4.90 Å². The van der Waals surface area contributed by atoms with Crippen LogP contribution in [-0.4, -0.2) is 60.5 Å². The molecule has 2 rings (SSSR count). The van der Waals surface area contributed by atoms with E-state index in [1.165, 1.54) is 6.07 Å². The Morgan fingerprint density at radius 3 is 2.41 bits per heavy atom. The van der Waals surface area contributed by atoms with E-state index in [1.54, 1.807) is 54.6 Å². The molecule has 8 nitrogen and oxygen atoms in total. The molecule has 0 fully saturated rings. The molecule has 0 aliphatic carbocycles. The van der Waals surface area contributed by atoms with Gasteiger partial charge in [-0.1, -0.05) is 35.5 Å². The molecule has 2 aromatic carbocycles. The van der Waals surface area contributed by atoms with Crippen LogP contribution in [0.5, 0.6) is 5.75 Å². The minimum absolute atomic E-state index is 0.138. The van der Waals surface area contributed by atoms with Crippen molar-refractivity contribution in [3.8, 4) is 5.75 Å². The average molecular weight is 444 g/mol. The van der Waals surface area contributed by atoms with Gasteiger partial charge in [-0.25, -0.2) is 9.18 Å². The molecule has 0 saturated heterocycles. The molecule has 0 amide bonds. The zero-order valence-electron chi connectivity index (χ0n) is 17.7. The lowest BCUT2D eigenvalue weighted by molar-refractivity contribution is -0.131. The van der Waals surface area contributed by atoms with Crippen LogP contribution in [0.3, 0.4) is 0 Å². The Morgan fingerprint density at radius 2 is 1.81 bits per heavy atom. The molecule has 0 unspecified atom stereocenters. The number of phenolic OH excluding ortho intramolecular Hbond substituents is 1. The third-order valence-corrected chi connectivity index (χ3v) is 3.61. The Kier molecular flexibility index (Phi) is 12.1. The van der Waals surface area contributed by atoms with Crippen molar-refractivity contribution >= 4 is 24.2 Å². The number of hydrogen-bond donors (Lipinski definition) is 2. The average Bonchev–Trinajstić information content (AvgIpc) is 2.75. The number of aromatic hydroxyl groups is 1. The van der Waals surface area contributed by atoms with E-state index in [0.29, 0.717) is 24.0 Å². The van der Waals surface area contributed by atoms with Crippen LogP contribution in [0.15, 0.2) is 72.1 Å². The number of halogens is 1. The summed E-state index contributed by atoms with van der Waals surface area (Å²) in [6, 6.07) is 13.1. The number of carbonyl (C=O) groups excluding carboxylic acids is 1. The number of benzene rings is 2. The Labute approximate surface area is 185 Å².